The number of benzene rings is 1. The van der Waals surface area contributed by atoms with E-state index in [2.05, 4.69) is 5.32 Å². The predicted octanol–water partition coefficient (Wildman–Crippen LogP) is 2.88. The highest BCUT2D eigenvalue weighted by Crippen LogP contribution is 2.38. The van der Waals surface area contributed by atoms with Gasteiger partial charge in [-0.2, -0.15) is 0 Å². The Kier molecular flexibility index (Phi) is 4.99. The van der Waals surface area contributed by atoms with Crippen LogP contribution >= 0.6 is 11.6 Å². The lowest BCUT2D eigenvalue weighted by atomic mass is 9.73. The molecule has 3 amide bonds. The van der Waals surface area contributed by atoms with Crippen molar-refractivity contribution in [2.24, 2.45) is 5.92 Å². The molecule has 0 aromatic heterocycles. The summed E-state index contributed by atoms with van der Waals surface area (Å²) < 4.78 is 5.17. The Morgan fingerprint density at radius 1 is 1.40 bits per heavy atom. The average molecular weight is 365 g/mol. The summed E-state index contributed by atoms with van der Waals surface area (Å²) in [5.41, 5.74) is -0.113. The summed E-state index contributed by atoms with van der Waals surface area (Å²) in [4.78, 5) is 38.0. The Balaban J connectivity index is 1.61. The fourth-order valence-corrected chi connectivity index (χ4v) is 3.82. The monoisotopic (exact) mass is 364 g/mol. The molecule has 1 aromatic carbocycles. The minimum absolute atomic E-state index is 0.0462. The highest BCUT2D eigenvalue weighted by atomic mass is 35.5. The molecular formula is C18H21ClN2O4. The first-order valence-corrected chi connectivity index (χ1v) is 8.84. The third-order valence-electron chi connectivity index (χ3n) is 5.08. The molecule has 1 spiro atoms. The highest BCUT2D eigenvalue weighted by Gasteiger charge is 2.55. The summed E-state index contributed by atoms with van der Waals surface area (Å²) in [6.07, 6.45) is 3.45. The van der Waals surface area contributed by atoms with Crippen molar-refractivity contribution in [1.82, 2.24) is 10.2 Å². The minimum atomic E-state index is -0.859. The van der Waals surface area contributed by atoms with Crippen molar-refractivity contribution >= 4 is 29.5 Å². The molecule has 1 aromatic rings. The number of amides is 3. The van der Waals surface area contributed by atoms with Crippen molar-refractivity contribution in [3.8, 4) is 0 Å². The van der Waals surface area contributed by atoms with Crippen LogP contribution in [0.3, 0.4) is 0 Å². The number of rotatable bonds is 4. The molecule has 0 bridgehead atoms. The van der Waals surface area contributed by atoms with Crippen LogP contribution < -0.4 is 5.32 Å². The second kappa shape index (κ2) is 7.04. The van der Waals surface area contributed by atoms with Gasteiger partial charge in [0, 0.05) is 5.02 Å². The van der Waals surface area contributed by atoms with Crippen LogP contribution in [0.15, 0.2) is 24.3 Å². The van der Waals surface area contributed by atoms with E-state index in [4.69, 9.17) is 16.3 Å². The van der Waals surface area contributed by atoms with Gasteiger partial charge in [0.1, 0.15) is 18.7 Å². The van der Waals surface area contributed by atoms with E-state index in [1.807, 2.05) is 6.92 Å². The van der Waals surface area contributed by atoms with E-state index in [-0.39, 0.29) is 25.0 Å². The fourth-order valence-electron chi connectivity index (χ4n) is 3.60. The summed E-state index contributed by atoms with van der Waals surface area (Å²) >= 11 is 5.89. The van der Waals surface area contributed by atoms with Gasteiger partial charge in [-0.15, -0.1) is 0 Å². The normalized spacial score (nSPS) is 26.0. The van der Waals surface area contributed by atoms with Crippen molar-refractivity contribution < 1.29 is 19.1 Å². The number of nitrogens with one attached hydrogen (secondary N) is 1. The molecule has 2 fully saturated rings. The van der Waals surface area contributed by atoms with Gasteiger partial charge in [-0.25, -0.2) is 4.79 Å². The molecule has 1 aliphatic carbocycles. The van der Waals surface area contributed by atoms with Gasteiger partial charge in [0.15, 0.2) is 0 Å². The van der Waals surface area contributed by atoms with Crippen LogP contribution in [0.5, 0.6) is 0 Å². The van der Waals surface area contributed by atoms with Crippen LogP contribution in [0.2, 0.25) is 5.02 Å². The zero-order chi connectivity index (χ0) is 18.0. The van der Waals surface area contributed by atoms with Crippen molar-refractivity contribution in [2.75, 3.05) is 6.54 Å². The van der Waals surface area contributed by atoms with Gasteiger partial charge in [0.05, 0.1) is 0 Å². The van der Waals surface area contributed by atoms with E-state index in [0.29, 0.717) is 11.4 Å². The van der Waals surface area contributed by atoms with Crippen molar-refractivity contribution in [1.29, 1.82) is 0 Å². The first kappa shape index (κ1) is 17.7. The summed E-state index contributed by atoms with van der Waals surface area (Å²) in [5.74, 6) is -0.876. The first-order valence-electron chi connectivity index (χ1n) is 8.46. The van der Waals surface area contributed by atoms with E-state index in [0.717, 1.165) is 29.7 Å². The van der Waals surface area contributed by atoms with Gasteiger partial charge < -0.3 is 10.1 Å². The molecule has 1 aliphatic heterocycles. The molecule has 1 heterocycles. The SMILES string of the molecule is CC1CCCCC12NC(=O)N(CC(=O)OCc1cccc(Cl)c1)C2=O. The molecule has 1 saturated carbocycles. The standard InChI is InChI=1S/C18H21ClN2O4/c1-12-5-2-3-8-18(12)16(23)21(17(24)20-18)10-15(22)25-11-13-6-4-7-14(19)9-13/h4,6-7,9,12H,2-3,5,8,10-11H2,1H3,(H,20,24). The topological polar surface area (TPSA) is 75.7 Å². The Morgan fingerprint density at radius 2 is 2.20 bits per heavy atom. The Hall–Kier alpha value is -2.08. The first-order chi connectivity index (χ1) is 11.9. The van der Waals surface area contributed by atoms with E-state index >= 15 is 0 Å². The lowest BCUT2D eigenvalue weighted by Gasteiger charge is -2.36. The lowest BCUT2D eigenvalue weighted by Crippen LogP contribution is -2.54. The number of carbonyl (C=O) groups excluding carboxylic acids is 3. The molecule has 134 valence electrons. The zero-order valence-corrected chi connectivity index (χ0v) is 14.8. The van der Waals surface area contributed by atoms with Crippen LogP contribution in [0.25, 0.3) is 0 Å². The third kappa shape index (κ3) is 3.49. The van der Waals surface area contributed by atoms with Crippen LogP contribution in [0.4, 0.5) is 4.79 Å². The van der Waals surface area contributed by atoms with E-state index < -0.39 is 17.5 Å². The molecule has 2 aliphatic rings. The Labute approximate surface area is 151 Å². The molecule has 6 nitrogen and oxygen atoms in total. The number of ether oxygens (including phenoxy) is 1. The van der Waals surface area contributed by atoms with Gasteiger partial charge in [-0.05, 0) is 36.5 Å². The second-order valence-electron chi connectivity index (χ2n) is 6.73. The maximum Gasteiger partial charge on any atom is 0.326 e. The number of nitrogens with zero attached hydrogens (tertiary/aromatic N) is 1. The molecule has 2 atom stereocenters. The number of urea groups is 1. The number of halogens is 1. The largest absolute Gasteiger partial charge is 0.459 e. The average Bonchev–Trinajstić information content (AvgIpc) is 2.81. The summed E-state index contributed by atoms with van der Waals surface area (Å²) in [6.45, 7) is 1.64. The van der Waals surface area contributed by atoms with Crippen molar-refractivity contribution in [3.63, 3.8) is 0 Å². The molecule has 2 unspecified atom stereocenters. The quantitative estimate of drug-likeness (QED) is 0.658. The number of hydrogen-bond acceptors (Lipinski definition) is 4. The third-order valence-corrected chi connectivity index (χ3v) is 5.31. The van der Waals surface area contributed by atoms with Gasteiger partial charge in [-0.3, -0.25) is 14.5 Å². The summed E-state index contributed by atoms with van der Waals surface area (Å²) in [6, 6.07) is 6.45. The number of esters is 1. The van der Waals surface area contributed by atoms with Gasteiger partial charge in [0.2, 0.25) is 0 Å². The lowest BCUT2D eigenvalue weighted by molar-refractivity contribution is -0.149. The van der Waals surface area contributed by atoms with Crippen LogP contribution in [-0.2, 0) is 20.9 Å². The fraction of sp³-hybridized carbons (Fsp3) is 0.500. The molecule has 3 rings (SSSR count). The molecule has 0 radical (unpaired) electrons. The van der Waals surface area contributed by atoms with Crippen LogP contribution in [0, 0.1) is 5.92 Å². The van der Waals surface area contributed by atoms with E-state index in [9.17, 15) is 14.4 Å². The predicted molar refractivity (Wildman–Crippen MR) is 91.9 cm³/mol. The van der Waals surface area contributed by atoms with E-state index in [1.165, 1.54) is 0 Å². The highest BCUT2D eigenvalue weighted by molar-refractivity contribution is 6.30. The minimum Gasteiger partial charge on any atom is -0.459 e. The van der Waals surface area contributed by atoms with Gasteiger partial charge in [-0.1, -0.05) is 43.5 Å². The number of hydrogen-bond donors (Lipinski definition) is 1. The Bertz CT molecular complexity index is 708. The maximum absolute atomic E-state index is 12.8. The number of imide groups is 1. The molecule has 1 N–H and O–H groups in total. The molecule has 7 heteroatoms. The summed E-state index contributed by atoms with van der Waals surface area (Å²) in [5, 5.41) is 3.37. The Morgan fingerprint density at radius 3 is 2.92 bits per heavy atom. The van der Waals surface area contributed by atoms with Crippen molar-refractivity contribution in [3.05, 3.63) is 34.9 Å². The molecule has 1 saturated heterocycles. The maximum atomic E-state index is 12.8. The van der Waals surface area contributed by atoms with Crippen LogP contribution in [-0.4, -0.2) is 34.9 Å². The van der Waals surface area contributed by atoms with E-state index in [1.54, 1.807) is 24.3 Å². The van der Waals surface area contributed by atoms with Crippen molar-refractivity contribution in [2.45, 2.75) is 44.8 Å². The molecular weight excluding hydrogens is 344 g/mol. The van der Waals surface area contributed by atoms with Crippen LogP contribution in [0.1, 0.15) is 38.2 Å². The van der Waals surface area contributed by atoms with Gasteiger partial charge in [0.25, 0.3) is 5.91 Å². The van der Waals surface area contributed by atoms with Gasteiger partial charge >= 0.3 is 12.0 Å². The number of carbonyl (C=O) groups is 3. The molecule has 25 heavy (non-hydrogen) atoms. The zero-order valence-electron chi connectivity index (χ0n) is 14.1. The second-order valence-corrected chi connectivity index (χ2v) is 7.17. The smallest absolute Gasteiger partial charge is 0.326 e. The summed E-state index contributed by atoms with van der Waals surface area (Å²) in [7, 11) is 0.